The highest BCUT2D eigenvalue weighted by Gasteiger charge is 2.56. The second kappa shape index (κ2) is 30.2. The van der Waals surface area contributed by atoms with Gasteiger partial charge in [0.05, 0.1) is 33.3 Å². The fraction of sp³-hybridized carbons (Fsp3) is 0.0682. The van der Waals surface area contributed by atoms with Crippen LogP contribution in [-0.2, 0) is 16.2 Å². The van der Waals surface area contributed by atoms with Crippen molar-refractivity contribution in [1.29, 1.82) is 0 Å². The molecule has 3 nitrogen and oxygen atoms in total. The number of hydrogen-bond acceptors (Lipinski definition) is 3. The highest BCUT2D eigenvalue weighted by molar-refractivity contribution is 6.05. The van der Waals surface area contributed by atoms with Gasteiger partial charge >= 0.3 is 0 Å². The molecule has 3 heterocycles. The average Bonchev–Trinajstić information content (AvgIpc) is 1.52. The summed E-state index contributed by atoms with van der Waals surface area (Å²) < 4.78 is 0. The molecule has 0 bridgehead atoms. The standard InChI is InChI=1S/C132H87N3/c1-4-40-97(94(37-1)88-67-70-124(133-79-88)85-34-25-31-82(73-85)100-52-28-64-121-127(100)109-49-13-22-61-118(109)130(121)112-55-16-7-43-103(112)104-44-8-17-56-113(104)130)91-76-92(98-41-5-2-38-95(98)89-68-71-125(134-80-89)86-35-26-32-83(74-86)101-53-29-65-122-128(101)110-50-14-23-62-119(110)131(122)114-57-18-9-45-105(114)106-46-10-19-58-115(106)131)78-93(77-91)99-42-6-3-39-96(99)90-69-72-126(135-81-90)87-36-27-33-84(75-87)102-54-30-66-123-129(102)111-51-15-24-63-120(111)132(123)116-59-20-11-47-107(116)108-48-12-21-60-117(108)132/h1-75,79-81,91-93H,76-78H2. The van der Waals surface area contributed by atoms with E-state index in [0.29, 0.717) is 0 Å². The van der Waals surface area contributed by atoms with Crippen LogP contribution in [0.1, 0.15) is 120 Å². The Labute approximate surface area is 786 Å². The molecule has 630 valence electrons. The van der Waals surface area contributed by atoms with Gasteiger partial charge in [0, 0.05) is 52.0 Å². The Kier molecular flexibility index (Phi) is 17.3. The van der Waals surface area contributed by atoms with Gasteiger partial charge in [-0.1, -0.05) is 419 Å². The maximum absolute atomic E-state index is 5.44. The SMILES string of the molecule is c1cc(-c2ccc(-c3ccccc3C3CC(c4ccccc4-c4ccc(-c5cccc(-c6cccc7c6-c6ccccc6C76c7ccccc7-c7ccccc76)c5)nc4)CC(c4ccccc4-c4ccc(-c5cccc(-c6cccc7c6-c6ccccc6C76c7ccccc7-c7ccccc76)c5)nc4)C3)cn2)cc(-c2cccc3c2-c2ccccc2C32c3ccccc3-c3ccccc32)c1. The lowest BCUT2D eigenvalue weighted by Gasteiger charge is -2.38. The first-order chi connectivity index (χ1) is 67.0. The van der Waals surface area contributed by atoms with E-state index in [-0.39, 0.29) is 17.8 Å². The van der Waals surface area contributed by atoms with Gasteiger partial charge in [0.1, 0.15) is 0 Å². The first-order valence-electron chi connectivity index (χ1n) is 47.7. The summed E-state index contributed by atoms with van der Waals surface area (Å²) in [6.45, 7) is 0. The Balaban J connectivity index is 0.517. The first-order valence-corrected chi connectivity index (χ1v) is 47.7. The predicted octanol–water partition coefficient (Wildman–Crippen LogP) is 32.7. The van der Waals surface area contributed by atoms with Gasteiger partial charge in [-0.2, -0.15) is 0 Å². The third-order valence-electron chi connectivity index (χ3n) is 31.6. The van der Waals surface area contributed by atoms with Crippen molar-refractivity contribution in [2.75, 3.05) is 0 Å². The van der Waals surface area contributed by atoms with E-state index in [4.69, 9.17) is 15.0 Å². The zero-order valence-corrected chi connectivity index (χ0v) is 74.2. The molecule has 0 saturated heterocycles. The van der Waals surface area contributed by atoms with Crippen LogP contribution in [0.15, 0.2) is 474 Å². The number of benzene rings is 18. The molecule has 0 N–H and O–H groups in total. The topological polar surface area (TPSA) is 38.7 Å². The van der Waals surface area contributed by atoms with E-state index < -0.39 is 16.2 Å². The molecule has 3 spiro atoms. The van der Waals surface area contributed by atoms with Crippen molar-refractivity contribution < 1.29 is 0 Å². The number of rotatable bonds is 12. The molecule has 21 aromatic rings. The molecule has 1 saturated carbocycles. The zero-order chi connectivity index (χ0) is 88.6. The summed E-state index contributed by atoms with van der Waals surface area (Å²) in [4.78, 5) is 16.3. The van der Waals surface area contributed by atoms with Gasteiger partial charge < -0.3 is 0 Å². The summed E-state index contributed by atoms with van der Waals surface area (Å²) in [7, 11) is 0. The molecule has 1 fully saturated rings. The molecule has 0 aliphatic heterocycles. The molecule has 18 aromatic carbocycles. The number of hydrogen-bond donors (Lipinski definition) is 0. The summed E-state index contributed by atoms with van der Waals surface area (Å²) in [5, 5.41) is 0. The van der Waals surface area contributed by atoms with Crippen LogP contribution in [-0.4, -0.2) is 15.0 Å². The van der Waals surface area contributed by atoms with Crippen molar-refractivity contribution in [1.82, 2.24) is 15.0 Å². The Hall–Kier alpha value is -16.6. The molecule has 7 aliphatic carbocycles. The van der Waals surface area contributed by atoms with E-state index in [1.807, 2.05) is 0 Å². The molecule has 7 aliphatic rings. The minimum atomic E-state index is -0.425. The highest BCUT2D eigenvalue weighted by atomic mass is 14.7. The van der Waals surface area contributed by atoms with E-state index >= 15 is 0 Å². The van der Waals surface area contributed by atoms with Gasteiger partial charge in [0.25, 0.3) is 0 Å². The Morgan fingerprint density at radius 2 is 0.341 bits per heavy atom. The maximum Gasteiger partial charge on any atom is 0.0725 e. The second-order valence-electron chi connectivity index (χ2n) is 37.9. The fourth-order valence-electron chi connectivity index (χ4n) is 26.3. The van der Waals surface area contributed by atoms with Crippen LogP contribution in [0.3, 0.4) is 0 Å². The third-order valence-corrected chi connectivity index (χ3v) is 31.6. The van der Waals surface area contributed by atoms with Gasteiger partial charge in [-0.3, -0.25) is 15.0 Å². The van der Waals surface area contributed by atoms with Gasteiger partial charge in [-0.25, -0.2) is 0 Å². The lowest BCUT2D eigenvalue weighted by molar-refractivity contribution is 0.353. The lowest BCUT2D eigenvalue weighted by Crippen LogP contribution is -2.25. The minimum absolute atomic E-state index is 0.176. The molecular weight excluding hydrogens is 1630 g/mol. The fourth-order valence-corrected chi connectivity index (χ4v) is 26.3. The van der Waals surface area contributed by atoms with Gasteiger partial charge in [-0.15, -0.1) is 0 Å². The maximum atomic E-state index is 5.44. The molecule has 28 rings (SSSR count). The van der Waals surface area contributed by atoms with Crippen molar-refractivity contribution in [3.63, 3.8) is 0 Å². The summed E-state index contributed by atoms with van der Waals surface area (Å²) >= 11 is 0. The summed E-state index contributed by atoms with van der Waals surface area (Å²) in [5.74, 6) is 0.529. The molecular formula is C132H87N3. The van der Waals surface area contributed by atoms with Crippen molar-refractivity contribution >= 4 is 0 Å². The quantitative estimate of drug-likeness (QED) is 0.122. The monoisotopic (exact) mass is 1710 g/mol. The van der Waals surface area contributed by atoms with Crippen LogP contribution in [0, 0.1) is 0 Å². The summed E-state index contributed by atoms with van der Waals surface area (Å²) in [6.07, 6.45) is 9.27. The molecule has 3 heteroatoms. The molecule has 0 unspecified atom stereocenters. The Morgan fingerprint density at radius 3 is 0.585 bits per heavy atom. The van der Waals surface area contributed by atoms with Crippen LogP contribution in [0.2, 0.25) is 0 Å². The van der Waals surface area contributed by atoms with Crippen molar-refractivity contribution in [2.45, 2.75) is 53.3 Å². The molecule has 0 atom stereocenters. The Morgan fingerprint density at radius 1 is 0.148 bits per heavy atom. The van der Waals surface area contributed by atoms with E-state index in [9.17, 15) is 0 Å². The van der Waals surface area contributed by atoms with Crippen LogP contribution in [0.5, 0.6) is 0 Å². The number of aromatic nitrogens is 3. The van der Waals surface area contributed by atoms with E-state index in [0.717, 1.165) is 69.7 Å². The van der Waals surface area contributed by atoms with E-state index in [2.05, 4.69) is 474 Å². The van der Waals surface area contributed by atoms with Crippen molar-refractivity contribution in [3.05, 3.63) is 557 Å². The highest BCUT2D eigenvalue weighted by Crippen LogP contribution is 2.69. The molecule has 135 heavy (non-hydrogen) atoms. The number of nitrogens with zero attached hydrogens (tertiary/aromatic N) is 3. The van der Waals surface area contributed by atoms with Crippen molar-refractivity contribution in [3.8, 4) is 167 Å². The first kappa shape index (κ1) is 77.2. The smallest absolute Gasteiger partial charge is 0.0725 e. The largest absolute Gasteiger partial charge is 0.256 e. The second-order valence-corrected chi connectivity index (χ2v) is 37.9. The summed E-state index contributed by atoms with van der Waals surface area (Å²) in [6, 6.07) is 171. The van der Waals surface area contributed by atoms with Gasteiger partial charge in [0.2, 0.25) is 0 Å². The van der Waals surface area contributed by atoms with Crippen LogP contribution in [0.4, 0.5) is 0 Å². The van der Waals surface area contributed by atoms with Crippen LogP contribution >= 0.6 is 0 Å². The number of fused-ring (bicyclic) bond motifs is 30. The molecule has 3 aromatic heterocycles. The Bertz CT molecular complexity index is 7570. The normalized spacial score (nSPS) is 15.9. The predicted molar refractivity (Wildman–Crippen MR) is 553 cm³/mol. The summed E-state index contributed by atoms with van der Waals surface area (Å²) in [5.41, 5.74) is 54.8. The third kappa shape index (κ3) is 11.2. The number of pyridine rings is 3. The van der Waals surface area contributed by atoms with Crippen LogP contribution in [0.25, 0.3) is 167 Å². The zero-order valence-electron chi connectivity index (χ0n) is 74.2. The van der Waals surface area contributed by atoms with E-state index in [1.54, 1.807) is 0 Å². The van der Waals surface area contributed by atoms with Crippen molar-refractivity contribution in [2.24, 2.45) is 0 Å². The lowest BCUT2D eigenvalue weighted by atomic mass is 9.66. The molecule has 0 amide bonds. The van der Waals surface area contributed by atoms with Crippen LogP contribution < -0.4 is 0 Å². The van der Waals surface area contributed by atoms with E-state index in [1.165, 1.54) is 200 Å². The average molecular weight is 1720 g/mol. The molecule has 0 radical (unpaired) electrons. The minimum Gasteiger partial charge on any atom is -0.256 e. The van der Waals surface area contributed by atoms with Gasteiger partial charge in [0.15, 0.2) is 0 Å². The van der Waals surface area contributed by atoms with Gasteiger partial charge in [-0.05, 0) is 274 Å².